The zero-order valence-electron chi connectivity index (χ0n) is 20.3. The van der Waals surface area contributed by atoms with Crippen LogP contribution in [0.3, 0.4) is 0 Å². The fraction of sp³-hybridized carbons (Fsp3) is 0.346. The summed E-state index contributed by atoms with van der Waals surface area (Å²) in [6.07, 6.45) is 4.95. The number of hydrogen-bond acceptors (Lipinski definition) is 8. The first-order valence-corrected chi connectivity index (χ1v) is 12.7. The number of amides is 1. The zero-order valence-corrected chi connectivity index (χ0v) is 21.8. The van der Waals surface area contributed by atoms with E-state index in [0.717, 1.165) is 48.2 Å². The maximum atomic E-state index is 12.0. The van der Waals surface area contributed by atoms with Crippen molar-refractivity contribution < 1.29 is 14.3 Å². The summed E-state index contributed by atoms with van der Waals surface area (Å²) in [7, 11) is 3.44. The Morgan fingerprint density at radius 2 is 1.94 bits per heavy atom. The molecule has 188 valence electrons. The highest BCUT2D eigenvalue weighted by Gasteiger charge is 2.35. The van der Waals surface area contributed by atoms with Gasteiger partial charge in [-0.15, -0.1) is 0 Å². The molecule has 1 fully saturated rings. The SMILES string of the molecule is COc1cc2c(cc1Nc1ncc(C(N)=O)c(Nc3ccccc3Br)n1)CN(C1CC(OC)C1)CC2. The van der Waals surface area contributed by atoms with Gasteiger partial charge in [0.15, 0.2) is 0 Å². The third-order valence-electron chi connectivity index (χ3n) is 6.91. The van der Waals surface area contributed by atoms with Crippen molar-refractivity contribution >= 4 is 45.0 Å². The van der Waals surface area contributed by atoms with Gasteiger partial charge in [0.1, 0.15) is 17.1 Å². The van der Waals surface area contributed by atoms with E-state index in [2.05, 4.69) is 53.6 Å². The molecule has 0 radical (unpaired) electrons. The zero-order chi connectivity index (χ0) is 25.2. The number of para-hydroxylation sites is 1. The van der Waals surface area contributed by atoms with Crippen LogP contribution in [0.5, 0.6) is 5.75 Å². The van der Waals surface area contributed by atoms with Crippen LogP contribution in [0.2, 0.25) is 0 Å². The van der Waals surface area contributed by atoms with Crippen molar-refractivity contribution in [1.29, 1.82) is 0 Å². The molecular weight excluding hydrogens is 524 g/mol. The first-order chi connectivity index (χ1) is 17.4. The summed E-state index contributed by atoms with van der Waals surface area (Å²) >= 11 is 3.51. The molecule has 36 heavy (non-hydrogen) atoms. The Labute approximate surface area is 218 Å². The summed E-state index contributed by atoms with van der Waals surface area (Å²) in [5.41, 5.74) is 9.83. The van der Waals surface area contributed by atoms with Gasteiger partial charge in [0.25, 0.3) is 5.91 Å². The molecule has 10 heteroatoms. The lowest BCUT2D eigenvalue weighted by Crippen LogP contribution is -2.49. The smallest absolute Gasteiger partial charge is 0.254 e. The monoisotopic (exact) mass is 552 g/mol. The van der Waals surface area contributed by atoms with Crippen LogP contribution in [0, 0.1) is 0 Å². The van der Waals surface area contributed by atoms with Gasteiger partial charge in [0.2, 0.25) is 5.95 Å². The molecule has 5 rings (SSSR count). The van der Waals surface area contributed by atoms with Gasteiger partial charge in [-0.05, 0) is 70.6 Å². The quantitative estimate of drug-likeness (QED) is 0.377. The number of carbonyl (C=O) groups excluding carboxylic acids is 1. The van der Waals surface area contributed by atoms with Crippen molar-refractivity contribution in [3.8, 4) is 5.75 Å². The fourth-order valence-electron chi connectivity index (χ4n) is 4.74. The van der Waals surface area contributed by atoms with Crippen molar-refractivity contribution in [3.63, 3.8) is 0 Å². The Kier molecular flexibility index (Phi) is 7.08. The number of hydrogen-bond donors (Lipinski definition) is 3. The first kappa shape index (κ1) is 24.5. The van der Waals surface area contributed by atoms with Gasteiger partial charge in [0, 0.05) is 36.9 Å². The Morgan fingerprint density at radius 3 is 2.67 bits per heavy atom. The maximum absolute atomic E-state index is 12.0. The van der Waals surface area contributed by atoms with Crippen molar-refractivity contribution in [2.45, 2.75) is 38.0 Å². The van der Waals surface area contributed by atoms with Crippen LogP contribution < -0.4 is 21.1 Å². The van der Waals surface area contributed by atoms with E-state index in [1.807, 2.05) is 24.3 Å². The van der Waals surface area contributed by atoms with E-state index in [9.17, 15) is 4.79 Å². The third-order valence-corrected chi connectivity index (χ3v) is 7.60. The topological polar surface area (TPSA) is 115 Å². The second-order valence-corrected chi connectivity index (χ2v) is 9.93. The number of carbonyl (C=O) groups is 1. The van der Waals surface area contributed by atoms with E-state index < -0.39 is 5.91 Å². The number of fused-ring (bicyclic) bond motifs is 1. The fourth-order valence-corrected chi connectivity index (χ4v) is 5.13. The van der Waals surface area contributed by atoms with Gasteiger partial charge in [0.05, 0.1) is 24.6 Å². The lowest BCUT2D eigenvalue weighted by Gasteiger charge is -2.44. The average molecular weight is 553 g/mol. The Balaban J connectivity index is 1.40. The Hall–Kier alpha value is -3.21. The second kappa shape index (κ2) is 10.4. The summed E-state index contributed by atoms with van der Waals surface area (Å²) < 4.78 is 12.0. The Morgan fingerprint density at radius 1 is 1.14 bits per heavy atom. The third kappa shape index (κ3) is 5.02. The lowest BCUT2D eigenvalue weighted by atomic mass is 9.85. The molecule has 0 spiro atoms. The number of anilines is 4. The molecule has 0 saturated heterocycles. The van der Waals surface area contributed by atoms with Crippen LogP contribution in [-0.2, 0) is 17.7 Å². The predicted octanol–water partition coefficient (Wildman–Crippen LogP) is 4.37. The molecule has 3 aromatic rings. The van der Waals surface area contributed by atoms with E-state index in [1.165, 1.54) is 17.3 Å². The number of rotatable bonds is 8. The minimum Gasteiger partial charge on any atom is -0.495 e. The molecule has 2 aliphatic rings. The molecule has 0 bridgehead atoms. The van der Waals surface area contributed by atoms with E-state index in [0.29, 0.717) is 29.7 Å². The van der Waals surface area contributed by atoms with Crippen molar-refractivity contribution in [3.05, 3.63) is 63.8 Å². The standard InChI is InChI=1S/C26H29BrN6O3/c1-35-18-11-17(12-18)33-8-7-15-10-23(36-2)22(9-16(15)14-33)31-26-29-13-19(24(28)34)25(32-26)30-21-6-4-3-5-20(21)27/h3-6,9-10,13,17-18H,7-8,11-12,14H2,1-2H3,(H2,28,34)(H2,29,30,31,32). The van der Waals surface area contributed by atoms with Crippen LogP contribution in [0.15, 0.2) is 47.1 Å². The summed E-state index contributed by atoms with van der Waals surface area (Å²) in [5, 5.41) is 6.46. The van der Waals surface area contributed by atoms with Crippen LogP contribution in [0.1, 0.15) is 34.3 Å². The molecule has 1 aliphatic carbocycles. The van der Waals surface area contributed by atoms with E-state index >= 15 is 0 Å². The van der Waals surface area contributed by atoms with E-state index in [1.54, 1.807) is 14.2 Å². The molecule has 0 unspecified atom stereocenters. The number of benzene rings is 2. The minimum absolute atomic E-state index is 0.194. The maximum Gasteiger partial charge on any atom is 0.254 e. The summed E-state index contributed by atoms with van der Waals surface area (Å²) in [4.78, 5) is 23.5. The second-order valence-electron chi connectivity index (χ2n) is 9.07. The van der Waals surface area contributed by atoms with E-state index in [4.69, 9.17) is 15.2 Å². The molecule has 4 N–H and O–H groups in total. The molecule has 9 nitrogen and oxygen atoms in total. The van der Waals surface area contributed by atoms with Crippen LogP contribution >= 0.6 is 15.9 Å². The highest BCUT2D eigenvalue weighted by molar-refractivity contribution is 9.10. The number of ether oxygens (including phenoxy) is 2. The van der Waals surface area contributed by atoms with Crippen molar-refractivity contribution in [2.75, 3.05) is 31.4 Å². The number of nitrogens with zero attached hydrogens (tertiary/aromatic N) is 3. The number of primary amides is 1. The molecule has 1 aliphatic heterocycles. The number of nitrogens with two attached hydrogens (primary N) is 1. The number of nitrogens with one attached hydrogen (secondary N) is 2. The van der Waals surface area contributed by atoms with Gasteiger partial charge < -0.3 is 25.8 Å². The highest BCUT2D eigenvalue weighted by Crippen LogP contribution is 2.36. The lowest BCUT2D eigenvalue weighted by molar-refractivity contribution is -0.0314. The predicted molar refractivity (Wildman–Crippen MR) is 142 cm³/mol. The number of halogens is 1. The van der Waals surface area contributed by atoms with Crippen molar-refractivity contribution in [1.82, 2.24) is 14.9 Å². The summed E-state index contributed by atoms with van der Waals surface area (Å²) in [6.45, 7) is 1.91. The normalized spacial score (nSPS) is 19.2. The molecular formula is C26H29BrN6O3. The van der Waals surface area contributed by atoms with E-state index in [-0.39, 0.29) is 5.56 Å². The molecule has 1 saturated carbocycles. The molecule has 2 aromatic carbocycles. The van der Waals surface area contributed by atoms with Gasteiger partial charge in [-0.2, -0.15) is 4.98 Å². The number of aromatic nitrogens is 2. The van der Waals surface area contributed by atoms with Crippen LogP contribution in [0.4, 0.5) is 23.1 Å². The summed E-state index contributed by atoms with van der Waals surface area (Å²) in [5.74, 6) is 0.734. The molecule has 2 heterocycles. The van der Waals surface area contributed by atoms with Gasteiger partial charge >= 0.3 is 0 Å². The first-order valence-electron chi connectivity index (χ1n) is 11.9. The average Bonchev–Trinajstić information content (AvgIpc) is 2.84. The van der Waals surface area contributed by atoms with Gasteiger partial charge in [-0.3, -0.25) is 9.69 Å². The minimum atomic E-state index is -0.616. The Bertz CT molecular complexity index is 1280. The van der Waals surface area contributed by atoms with Crippen LogP contribution in [-0.4, -0.2) is 53.7 Å². The molecule has 0 atom stereocenters. The van der Waals surface area contributed by atoms with Crippen molar-refractivity contribution in [2.24, 2.45) is 5.73 Å². The van der Waals surface area contributed by atoms with Gasteiger partial charge in [-0.25, -0.2) is 4.98 Å². The highest BCUT2D eigenvalue weighted by atomic mass is 79.9. The van der Waals surface area contributed by atoms with Crippen LogP contribution in [0.25, 0.3) is 0 Å². The molecule has 1 amide bonds. The number of methoxy groups -OCH3 is 2. The molecule has 1 aromatic heterocycles. The van der Waals surface area contributed by atoms with Gasteiger partial charge in [-0.1, -0.05) is 12.1 Å². The summed E-state index contributed by atoms with van der Waals surface area (Å²) in [6, 6.07) is 12.3. The largest absolute Gasteiger partial charge is 0.495 e.